The van der Waals surface area contributed by atoms with Gasteiger partial charge in [-0.2, -0.15) is 0 Å². The largest absolute Gasteiger partial charge is 0.481 e. The second-order valence-electron chi connectivity index (χ2n) is 6.54. The summed E-state index contributed by atoms with van der Waals surface area (Å²) in [4.78, 5) is 25.6. The predicted octanol–water partition coefficient (Wildman–Crippen LogP) is 1.27. The summed E-state index contributed by atoms with van der Waals surface area (Å²) in [5.74, 6) is -1.39. The van der Waals surface area contributed by atoms with Crippen molar-refractivity contribution in [1.82, 2.24) is 15.5 Å². The lowest BCUT2D eigenvalue weighted by Crippen LogP contribution is -2.50. The van der Waals surface area contributed by atoms with Crippen LogP contribution in [0.2, 0.25) is 0 Å². The molecule has 120 valence electrons. The first-order valence-corrected chi connectivity index (χ1v) is 8.00. The lowest BCUT2D eigenvalue weighted by molar-refractivity contribution is -0.142. The zero-order valence-corrected chi connectivity index (χ0v) is 13.0. The molecule has 0 radical (unpaired) electrons. The second-order valence-corrected chi connectivity index (χ2v) is 6.54. The highest BCUT2D eigenvalue weighted by atomic mass is 16.4. The van der Waals surface area contributed by atoms with Gasteiger partial charge in [0, 0.05) is 25.2 Å². The monoisotopic (exact) mass is 297 g/mol. The van der Waals surface area contributed by atoms with Crippen molar-refractivity contribution in [2.75, 3.05) is 19.6 Å². The molecule has 2 aliphatic rings. The molecular formula is C15H27N3O3. The van der Waals surface area contributed by atoms with Crippen LogP contribution in [0.4, 0.5) is 4.79 Å². The first-order valence-electron chi connectivity index (χ1n) is 8.00. The van der Waals surface area contributed by atoms with Gasteiger partial charge in [-0.3, -0.25) is 9.69 Å². The molecule has 0 spiro atoms. The molecule has 2 fully saturated rings. The average Bonchev–Trinajstić information content (AvgIpc) is 2.81. The standard InChI is InChI=1S/C15H27N3O3/c1-10(2)11(14(19)20)9-16-15(21)17-12-6-8-18-7-4-3-5-13(12)18/h10-13H,3-9H2,1-2H3,(H,19,20)(H2,16,17,21). The summed E-state index contributed by atoms with van der Waals surface area (Å²) in [5.41, 5.74) is 0. The Hall–Kier alpha value is -1.30. The van der Waals surface area contributed by atoms with Gasteiger partial charge in [0.1, 0.15) is 0 Å². The molecule has 0 aromatic heterocycles. The smallest absolute Gasteiger partial charge is 0.315 e. The SMILES string of the molecule is CC(C)C(CNC(=O)NC1CCN2CCCCC12)C(=O)O. The zero-order chi connectivity index (χ0) is 15.4. The van der Waals surface area contributed by atoms with Crippen LogP contribution in [0.1, 0.15) is 39.5 Å². The number of nitrogens with one attached hydrogen (secondary N) is 2. The van der Waals surface area contributed by atoms with Crippen molar-refractivity contribution in [3.63, 3.8) is 0 Å². The number of carboxylic acid groups (broad SMARTS) is 1. The Kier molecular flexibility index (Phi) is 5.45. The number of hydrogen-bond donors (Lipinski definition) is 3. The highest BCUT2D eigenvalue weighted by Crippen LogP contribution is 2.27. The van der Waals surface area contributed by atoms with Crippen LogP contribution in [0.3, 0.4) is 0 Å². The van der Waals surface area contributed by atoms with Crippen molar-refractivity contribution in [3.05, 3.63) is 0 Å². The molecule has 2 heterocycles. The molecule has 0 aromatic carbocycles. The minimum atomic E-state index is -0.857. The summed E-state index contributed by atoms with van der Waals surface area (Å²) in [6.45, 7) is 6.09. The van der Waals surface area contributed by atoms with E-state index in [0.717, 1.165) is 25.9 Å². The third-order valence-corrected chi connectivity index (χ3v) is 4.78. The van der Waals surface area contributed by atoms with E-state index in [1.807, 2.05) is 13.8 Å². The van der Waals surface area contributed by atoms with Crippen molar-refractivity contribution in [3.8, 4) is 0 Å². The molecule has 0 bridgehead atoms. The number of nitrogens with zero attached hydrogens (tertiary/aromatic N) is 1. The number of carboxylic acids is 1. The molecule has 6 nitrogen and oxygen atoms in total. The molecule has 3 N–H and O–H groups in total. The number of rotatable bonds is 5. The number of urea groups is 1. The third-order valence-electron chi connectivity index (χ3n) is 4.78. The van der Waals surface area contributed by atoms with Gasteiger partial charge in [-0.05, 0) is 31.7 Å². The minimum absolute atomic E-state index is 0.00289. The number of aliphatic carboxylic acids is 1. The van der Waals surface area contributed by atoms with Crippen LogP contribution in [0, 0.1) is 11.8 Å². The van der Waals surface area contributed by atoms with Crippen LogP contribution in [0.25, 0.3) is 0 Å². The lowest BCUT2D eigenvalue weighted by Gasteiger charge is -2.32. The van der Waals surface area contributed by atoms with Gasteiger partial charge in [0.05, 0.1) is 5.92 Å². The van der Waals surface area contributed by atoms with E-state index in [4.69, 9.17) is 5.11 Å². The van der Waals surface area contributed by atoms with Gasteiger partial charge >= 0.3 is 12.0 Å². The summed E-state index contributed by atoms with van der Waals surface area (Å²) in [5, 5.41) is 14.9. The molecule has 3 unspecified atom stereocenters. The maximum atomic E-state index is 12.0. The molecule has 0 aromatic rings. The Bertz CT molecular complexity index is 386. The number of hydrogen-bond acceptors (Lipinski definition) is 3. The van der Waals surface area contributed by atoms with Crippen molar-refractivity contribution in [2.24, 2.45) is 11.8 Å². The number of carbonyl (C=O) groups is 2. The summed E-state index contributed by atoms with van der Waals surface area (Å²) in [6.07, 6.45) is 4.62. The summed E-state index contributed by atoms with van der Waals surface area (Å²) in [7, 11) is 0. The topological polar surface area (TPSA) is 81.7 Å². The summed E-state index contributed by atoms with van der Waals surface area (Å²) < 4.78 is 0. The molecule has 3 atom stereocenters. The second kappa shape index (κ2) is 7.11. The van der Waals surface area contributed by atoms with Crippen LogP contribution in [0.5, 0.6) is 0 Å². The van der Waals surface area contributed by atoms with E-state index >= 15 is 0 Å². The van der Waals surface area contributed by atoms with Gasteiger partial charge in [0.15, 0.2) is 0 Å². The first-order chi connectivity index (χ1) is 9.99. The van der Waals surface area contributed by atoms with E-state index in [-0.39, 0.29) is 24.5 Å². The lowest BCUT2D eigenvalue weighted by atomic mass is 9.96. The van der Waals surface area contributed by atoms with Gasteiger partial charge < -0.3 is 15.7 Å². The van der Waals surface area contributed by atoms with Crippen molar-refractivity contribution in [2.45, 2.75) is 51.6 Å². The molecule has 2 amide bonds. The highest BCUT2D eigenvalue weighted by Gasteiger charge is 2.36. The number of fused-ring (bicyclic) bond motifs is 1. The van der Waals surface area contributed by atoms with E-state index in [1.165, 1.54) is 12.8 Å². The van der Waals surface area contributed by atoms with Crippen LogP contribution < -0.4 is 10.6 Å². The van der Waals surface area contributed by atoms with Crippen molar-refractivity contribution in [1.29, 1.82) is 0 Å². The van der Waals surface area contributed by atoms with E-state index in [0.29, 0.717) is 6.04 Å². The Morgan fingerprint density at radius 2 is 2.00 bits per heavy atom. The van der Waals surface area contributed by atoms with E-state index in [9.17, 15) is 9.59 Å². The molecule has 2 rings (SSSR count). The van der Waals surface area contributed by atoms with Crippen molar-refractivity contribution < 1.29 is 14.7 Å². The predicted molar refractivity (Wildman–Crippen MR) is 80.1 cm³/mol. The van der Waals surface area contributed by atoms with Gasteiger partial charge in [0.25, 0.3) is 0 Å². The molecule has 6 heteroatoms. The Labute approximate surface area is 126 Å². The van der Waals surface area contributed by atoms with Gasteiger partial charge in [-0.25, -0.2) is 4.79 Å². The van der Waals surface area contributed by atoms with Gasteiger partial charge in [-0.1, -0.05) is 20.3 Å². The normalized spacial score (nSPS) is 27.2. The number of amides is 2. The van der Waals surface area contributed by atoms with E-state index < -0.39 is 11.9 Å². The minimum Gasteiger partial charge on any atom is -0.481 e. The van der Waals surface area contributed by atoms with Crippen LogP contribution in [-0.2, 0) is 4.79 Å². The quantitative estimate of drug-likeness (QED) is 0.714. The van der Waals surface area contributed by atoms with Gasteiger partial charge in [-0.15, -0.1) is 0 Å². The Morgan fingerprint density at radius 1 is 1.24 bits per heavy atom. The molecule has 2 aliphatic heterocycles. The maximum absolute atomic E-state index is 12.0. The average molecular weight is 297 g/mol. The zero-order valence-electron chi connectivity index (χ0n) is 13.0. The third kappa shape index (κ3) is 4.09. The van der Waals surface area contributed by atoms with E-state index in [1.54, 1.807) is 0 Å². The maximum Gasteiger partial charge on any atom is 0.315 e. The fourth-order valence-corrected chi connectivity index (χ4v) is 3.45. The van der Waals surface area contributed by atoms with Gasteiger partial charge in [0.2, 0.25) is 0 Å². The van der Waals surface area contributed by atoms with E-state index in [2.05, 4.69) is 15.5 Å². The molecule has 0 aliphatic carbocycles. The number of piperidine rings is 1. The molecule has 2 saturated heterocycles. The first kappa shape index (κ1) is 16.1. The summed E-state index contributed by atoms with van der Waals surface area (Å²) in [6, 6.07) is 0.428. The van der Waals surface area contributed by atoms with Crippen LogP contribution in [0.15, 0.2) is 0 Å². The van der Waals surface area contributed by atoms with Crippen LogP contribution in [-0.4, -0.2) is 53.7 Å². The van der Waals surface area contributed by atoms with Crippen molar-refractivity contribution >= 4 is 12.0 Å². The number of carbonyl (C=O) groups excluding carboxylic acids is 1. The fraction of sp³-hybridized carbons (Fsp3) is 0.867. The Morgan fingerprint density at radius 3 is 2.67 bits per heavy atom. The fourth-order valence-electron chi connectivity index (χ4n) is 3.45. The Balaban J connectivity index is 1.78. The molecule has 21 heavy (non-hydrogen) atoms. The highest BCUT2D eigenvalue weighted by molar-refractivity contribution is 5.76. The summed E-state index contributed by atoms with van der Waals surface area (Å²) >= 11 is 0. The van der Waals surface area contributed by atoms with Crippen LogP contribution >= 0.6 is 0 Å². The molecular weight excluding hydrogens is 270 g/mol. The molecule has 0 saturated carbocycles.